The molecule has 0 atom stereocenters. The van der Waals surface area contributed by atoms with Gasteiger partial charge in [0, 0.05) is 51.0 Å². The SMILES string of the molecule is O=C(COc1ccc2ccccc2c1)N1CCC(N2CCN(c3ccccc3)CC2)CC1.O=C(O)C(=O)O. The molecule has 2 aliphatic heterocycles. The molecule has 0 saturated carbocycles. The third kappa shape index (κ3) is 7.23. The first kappa shape index (κ1) is 26.9. The van der Waals surface area contributed by atoms with Crippen LogP contribution in [-0.4, -0.2) is 89.8 Å². The summed E-state index contributed by atoms with van der Waals surface area (Å²) in [6, 6.07) is 25.4. The molecule has 1 amide bonds. The molecule has 0 aromatic heterocycles. The minimum Gasteiger partial charge on any atom is -0.484 e. The highest BCUT2D eigenvalue weighted by atomic mass is 16.5. The number of anilines is 1. The number of piperidine rings is 1. The first-order valence-corrected chi connectivity index (χ1v) is 12.8. The largest absolute Gasteiger partial charge is 0.484 e. The van der Waals surface area contributed by atoms with Crippen LogP contribution in [0.2, 0.25) is 0 Å². The smallest absolute Gasteiger partial charge is 0.414 e. The van der Waals surface area contributed by atoms with Crippen molar-refractivity contribution in [3.63, 3.8) is 0 Å². The molecule has 0 aliphatic carbocycles. The van der Waals surface area contributed by atoms with Gasteiger partial charge in [0.25, 0.3) is 5.91 Å². The van der Waals surface area contributed by atoms with Gasteiger partial charge in [0.1, 0.15) is 5.75 Å². The van der Waals surface area contributed by atoms with Crippen LogP contribution in [0.3, 0.4) is 0 Å². The van der Waals surface area contributed by atoms with E-state index in [-0.39, 0.29) is 12.5 Å². The Labute approximate surface area is 221 Å². The van der Waals surface area contributed by atoms with Crippen molar-refractivity contribution in [2.75, 3.05) is 50.8 Å². The maximum atomic E-state index is 12.7. The Bertz CT molecular complexity index is 1220. The first-order chi connectivity index (χ1) is 18.4. The Morgan fingerprint density at radius 3 is 1.97 bits per heavy atom. The number of benzene rings is 3. The summed E-state index contributed by atoms with van der Waals surface area (Å²) < 4.78 is 5.82. The second-order valence-corrected chi connectivity index (χ2v) is 9.38. The van der Waals surface area contributed by atoms with Crippen LogP contribution < -0.4 is 9.64 Å². The van der Waals surface area contributed by atoms with E-state index in [0.29, 0.717) is 6.04 Å². The standard InChI is InChI=1S/C27H31N3O2.C2H2O4/c31-27(21-32-26-11-10-22-6-4-5-7-23(22)20-26)30-14-12-25(13-15-30)29-18-16-28(17-19-29)24-8-2-1-3-9-24;3-1(4)2(5)6/h1-11,20,25H,12-19,21H2;(H,3,4)(H,5,6). The lowest BCUT2D eigenvalue weighted by Crippen LogP contribution is -2.54. The maximum absolute atomic E-state index is 12.7. The van der Waals surface area contributed by atoms with Gasteiger partial charge in [-0.2, -0.15) is 0 Å². The number of carboxylic acids is 2. The fraction of sp³-hybridized carbons (Fsp3) is 0.345. The summed E-state index contributed by atoms with van der Waals surface area (Å²) in [5.41, 5.74) is 1.32. The van der Waals surface area contributed by atoms with E-state index >= 15 is 0 Å². The molecular formula is C29H33N3O6. The lowest BCUT2D eigenvalue weighted by molar-refractivity contribution is -0.159. The summed E-state index contributed by atoms with van der Waals surface area (Å²) in [4.78, 5) is 38.0. The highest BCUT2D eigenvalue weighted by Gasteiger charge is 2.29. The fourth-order valence-electron chi connectivity index (χ4n) is 4.96. The van der Waals surface area contributed by atoms with Crippen LogP contribution in [0.25, 0.3) is 10.8 Å². The number of ether oxygens (including phenoxy) is 1. The summed E-state index contributed by atoms with van der Waals surface area (Å²) >= 11 is 0. The second kappa shape index (κ2) is 12.9. The van der Waals surface area contributed by atoms with Crippen molar-refractivity contribution in [2.45, 2.75) is 18.9 Å². The Kier molecular flexibility index (Phi) is 9.16. The Morgan fingerprint density at radius 1 is 0.737 bits per heavy atom. The normalized spacial score (nSPS) is 16.4. The first-order valence-electron chi connectivity index (χ1n) is 12.8. The molecule has 200 valence electrons. The number of nitrogens with zero attached hydrogens (tertiary/aromatic N) is 3. The molecule has 2 fully saturated rings. The van der Waals surface area contributed by atoms with Gasteiger partial charge in [0.2, 0.25) is 0 Å². The van der Waals surface area contributed by atoms with Crippen LogP contribution in [0.4, 0.5) is 5.69 Å². The van der Waals surface area contributed by atoms with Gasteiger partial charge in [-0.1, -0.05) is 48.5 Å². The van der Waals surface area contributed by atoms with Crippen molar-refractivity contribution in [3.05, 3.63) is 72.8 Å². The van der Waals surface area contributed by atoms with E-state index < -0.39 is 11.9 Å². The Hall–Kier alpha value is -4.11. The van der Waals surface area contributed by atoms with Crippen molar-refractivity contribution < 1.29 is 29.3 Å². The molecule has 38 heavy (non-hydrogen) atoms. The molecule has 0 unspecified atom stereocenters. The summed E-state index contributed by atoms with van der Waals surface area (Å²) in [5, 5.41) is 17.1. The van der Waals surface area contributed by atoms with E-state index in [0.717, 1.165) is 63.2 Å². The topological polar surface area (TPSA) is 111 Å². The van der Waals surface area contributed by atoms with Crippen molar-refractivity contribution in [2.24, 2.45) is 0 Å². The number of amides is 1. The molecule has 3 aromatic carbocycles. The van der Waals surface area contributed by atoms with Crippen LogP contribution in [0, 0.1) is 0 Å². The van der Waals surface area contributed by atoms with Gasteiger partial charge in [-0.3, -0.25) is 9.69 Å². The monoisotopic (exact) mass is 519 g/mol. The summed E-state index contributed by atoms with van der Waals surface area (Å²) in [5.74, 6) is -2.81. The number of hydrogen-bond donors (Lipinski definition) is 2. The number of hydrogen-bond acceptors (Lipinski definition) is 6. The fourth-order valence-corrected chi connectivity index (χ4v) is 4.96. The van der Waals surface area contributed by atoms with Gasteiger partial charge < -0.3 is 24.7 Å². The zero-order chi connectivity index (χ0) is 26.9. The van der Waals surface area contributed by atoms with Gasteiger partial charge in [0.05, 0.1) is 0 Å². The number of piperazine rings is 1. The van der Waals surface area contributed by atoms with E-state index in [2.05, 4.69) is 52.3 Å². The minimum atomic E-state index is -1.82. The highest BCUT2D eigenvalue weighted by Crippen LogP contribution is 2.23. The number of carbonyl (C=O) groups is 3. The number of carboxylic acid groups (broad SMARTS) is 2. The molecule has 0 bridgehead atoms. The number of para-hydroxylation sites is 1. The predicted octanol–water partition coefficient (Wildman–Crippen LogP) is 3.19. The van der Waals surface area contributed by atoms with Gasteiger partial charge in [-0.15, -0.1) is 0 Å². The lowest BCUT2D eigenvalue weighted by Gasteiger charge is -2.43. The van der Waals surface area contributed by atoms with Gasteiger partial charge in [-0.05, 0) is 47.9 Å². The number of likely N-dealkylation sites (tertiary alicyclic amines) is 1. The van der Waals surface area contributed by atoms with E-state index in [1.807, 2.05) is 35.2 Å². The van der Waals surface area contributed by atoms with Crippen molar-refractivity contribution in [1.82, 2.24) is 9.80 Å². The molecule has 9 nitrogen and oxygen atoms in total. The molecule has 2 saturated heterocycles. The van der Waals surface area contributed by atoms with Crippen LogP contribution in [0.1, 0.15) is 12.8 Å². The average Bonchev–Trinajstić information content (AvgIpc) is 2.96. The molecule has 2 aliphatic rings. The molecule has 2 heterocycles. The number of rotatable bonds is 5. The van der Waals surface area contributed by atoms with E-state index in [1.165, 1.54) is 11.1 Å². The number of aliphatic carboxylic acids is 2. The quantitative estimate of drug-likeness (QED) is 0.495. The highest BCUT2D eigenvalue weighted by molar-refractivity contribution is 6.27. The zero-order valence-electron chi connectivity index (χ0n) is 21.2. The summed E-state index contributed by atoms with van der Waals surface area (Å²) in [7, 11) is 0. The second-order valence-electron chi connectivity index (χ2n) is 9.38. The van der Waals surface area contributed by atoms with E-state index in [4.69, 9.17) is 24.5 Å². The van der Waals surface area contributed by atoms with E-state index in [1.54, 1.807) is 0 Å². The minimum absolute atomic E-state index is 0.0884. The van der Waals surface area contributed by atoms with E-state index in [9.17, 15) is 4.79 Å². The van der Waals surface area contributed by atoms with Crippen LogP contribution >= 0.6 is 0 Å². The van der Waals surface area contributed by atoms with Crippen molar-refractivity contribution in [1.29, 1.82) is 0 Å². The van der Waals surface area contributed by atoms with Crippen LogP contribution in [-0.2, 0) is 14.4 Å². The molecule has 0 spiro atoms. The summed E-state index contributed by atoms with van der Waals surface area (Å²) in [6.45, 7) is 6.09. The molecule has 9 heteroatoms. The zero-order valence-corrected chi connectivity index (χ0v) is 21.2. The average molecular weight is 520 g/mol. The van der Waals surface area contributed by atoms with Crippen molar-refractivity contribution >= 4 is 34.3 Å². The Morgan fingerprint density at radius 2 is 1.34 bits per heavy atom. The molecule has 3 aromatic rings. The number of fused-ring (bicyclic) bond motifs is 1. The Balaban J connectivity index is 0.000000505. The number of carbonyl (C=O) groups excluding carboxylic acids is 1. The van der Waals surface area contributed by atoms with Gasteiger partial charge in [-0.25, -0.2) is 9.59 Å². The molecule has 0 radical (unpaired) electrons. The van der Waals surface area contributed by atoms with Gasteiger partial charge >= 0.3 is 11.9 Å². The van der Waals surface area contributed by atoms with Crippen molar-refractivity contribution in [3.8, 4) is 5.75 Å². The van der Waals surface area contributed by atoms with Crippen LogP contribution in [0.15, 0.2) is 72.8 Å². The third-order valence-corrected chi connectivity index (χ3v) is 7.04. The third-order valence-electron chi connectivity index (χ3n) is 7.04. The predicted molar refractivity (Wildman–Crippen MR) is 145 cm³/mol. The summed E-state index contributed by atoms with van der Waals surface area (Å²) in [6.07, 6.45) is 2.10. The molecular weight excluding hydrogens is 486 g/mol. The van der Waals surface area contributed by atoms with Gasteiger partial charge in [0.15, 0.2) is 6.61 Å². The molecule has 2 N–H and O–H groups in total. The van der Waals surface area contributed by atoms with Crippen LogP contribution in [0.5, 0.6) is 5.75 Å². The lowest BCUT2D eigenvalue weighted by atomic mass is 10.0. The molecule has 5 rings (SSSR count). The maximum Gasteiger partial charge on any atom is 0.414 e.